The molecule has 0 spiro atoms. The summed E-state index contributed by atoms with van der Waals surface area (Å²) in [6.45, 7) is 2.83. The van der Waals surface area contributed by atoms with Crippen LogP contribution in [0.15, 0.2) is 67.1 Å². The van der Waals surface area contributed by atoms with Gasteiger partial charge in [-0.05, 0) is 55.3 Å². The number of likely N-dealkylation sites (tertiary alicyclic amines) is 1. The average molecular weight is 511 g/mol. The van der Waals surface area contributed by atoms with Crippen molar-refractivity contribution >= 4 is 11.6 Å². The van der Waals surface area contributed by atoms with Crippen molar-refractivity contribution in [2.75, 3.05) is 32.1 Å². The molecule has 1 saturated heterocycles. The highest BCUT2D eigenvalue weighted by atomic mass is 16.5. The normalized spacial score (nSPS) is 18.9. The molecule has 2 aromatic carbocycles. The van der Waals surface area contributed by atoms with Crippen LogP contribution >= 0.6 is 0 Å². The zero-order valence-electron chi connectivity index (χ0n) is 21.2. The third-order valence-corrected chi connectivity index (χ3v) is 7.38. The number of nitrogens with one attached hydrogen (secondary N) is 3. The van der Waals surface area contributed by atoms with E-state index >= 15 is 0 Å². The van der Waals surface area contributed by atoms with Crippen LogP contribution in [0.25, 0.3) is 11.5 Å². The fourth-order valence-corrected chi connectivity index (χ4v) is 5.19. The van der Waals surface area contributed by atoms with Crippen LogP contribution in [0.2, 0.25) is 0 Å². The molecule has 0 saturated carbocycles. The largest absolute Gasteiger partial charge is 0.374 e. The second kappa shape index (κ2) is 10.3. The number of rotatable bonds is 6. The molecule has 1 fully saturated rings. The Morgan fingerprint density at radius 3 is 2.84 bits per heavy atom. The fraction of sp³-hybridized carbons (Fsp3) is 0.321. The molecular weight excluding hydrogens is 480 g/mol. The number of nitrogens with zero attached hydrogens (tertiary/aromatic N) is 5. The van der Waals surface area contributed by atoms with E-state index in [0.717, 1.165) is 48.6 Å². The number of anilines is 1. The number of fused-ring (bicyclic) bond motifs is 1. The average Bonchev–Trinajstić information content (AvgIpc) is 3.47. The maximum Gasteiger partial charge on any atom is 0.251 e. The molecule has 0 unspecified atom stereocenters. The lowest BCUT2D eigenvalue weighted by molar-refractivity contribution is 0.0708. The van der Waals surface area contributed by atoms with E-state index < -0.39 is 5.54 Å². The molecule has 10 heteroatoms. The maximum absolute atomic E-state index is 13.3. The quantitative estimate of drug-likeness (QED) is 0.361. The van der Waals surface area contributed by atoms with Gasteiger partial charge >= 0.3 is 0 Å². The Bertz CT molecular complexity index is 1420. The van der Waals surface area contributed by atoms with Gasteiger partial charge in [0.2, 0.25) is 0 Å². The number of amides is 1. The van der Waals surface area contributed by atoms with Crippen molar-refractivity contribution in [3.63, 3.8) is 0 Å². The van der Waals surface area contributed by atoms with Gasteiger partial charge in [-0.3, -0.25) is 9.89 Å². The Balaban J connectivity index is 1.24. The van der Waals surface area contributed by atoms with Crippen LogP contribution < -0.4 is 10.6 Å². The predicted molar refractivity (Wildman–Crippen MR) is 142 cm³/mol. The van der Waals surface area contributed by atoms with E-state index in [1.807, 2.05) is 42.5 Å². The molecule has 38 heavy (non-hydrogen) atoms. The summed E-state index contributed by atoms with van der Waals surface area (Å²) in [5, 5.41) is 14.5. The topological polar surface area (TPSA) is 121 Å². The Labute approximate surface area is 220 Å². The third-order valence-electron chi connectivity index (χ3n) is 7.38. The lowest BCUT2D eigenvalue weighted by Gasteiger charge is -2.40. The maximum atomic E-state index is 13.3. The molecule has 4 heterocycles. The first-order valence-corrected chi connectivity index (χ1v) is 12.8. The van der Waals surface area contributed by atoms with Crippen LogP contribution in [0.4, 0.5) is 5.69 Å². The Morgan fingerprint density at radius 1 is 1.13 bits per heavy atom. The monoisotopic (exact) mass is 510 g/mol. The number of H-pyrrole nitrogens is 1. The number of aromatic nitrogens is 5. The molecule has 1 atom stereocenters. The molecule has 4 aromatic rings. The van der Waals surface area contributed by atoms with Gasteiger partial charge in [0.15, 0.2) is 11.6 Å². The van der Waals surface area contributed by atoms with E-state index in [0.29, 0.717) is 30.3 Å². The number of hydrogen-bond donors (Lipinski definition) is 3. The van der Waals surface area contributed by atoms with Crippen molar-refractivity contribution in [1.29, 1.82) is 0 Å². The standard InChI is InChI=1S/C28H30N8O2/c1-36-13-10-28(11-14-36,27-32-25(34-35-27)23-9-12-29-18-30-23)33-21-7-4-6-19(15-21)26(37)31-24-17-38-16-20-5-2-3-8-22(20)24/h2-9,12,15,18,24,33H,10-11,13-14,16-17H2,1H3,(H,31,37)(H,32,34,35)/t24-/m0/s1. The van der Waals surface area contributed by atoms with Gasteiger partial charge in [-0.25, -0.2) is 15.0 Å². The predicted octanol–water partition coefficient (Wildman–Crippen LogP) is 3.30. The summed E-state index contributed by atoms with van der Waals surface area (Å²) in [5.41, 5.74) is 3.85. The van der Waals surface area contributed by atoms with E-state index in [1.165, 1.54) is 6.33 Å². The zero-order chi connectivity index (χ0) is 26.0. The Hall–Kier alpha value is -4.15. The van der Waals surface area contributed by atoms with Gasteiger partial charge in [0.05, 0.1) is 24.8 Å². The van der Waals surface area contributed by atoms with Gasteiger partial charge in [-0.2, -0.15) is 5.10 Å². The molecule has 2 aromatic heterocycles. The van der Waals surface area contributed by atoms with Crippen LogP contribution in [0, 0.1) is 0 Å². The molecule has 6 rings (SSSR count). The van der Waals surface area contributed by atoms with Crippen molar-refractivity contribution < 1.29 is 9.53 Å². The van der Waals surface area contributed by atoms with Crippen molar-refractivity contribution in [1.82, 2.24) is 35.4 Å². The minimum absolute atomic E-state index is 0.137. The number of ether oxygens (including phenoxy) is 1. The minimum atomic E-state index is -0.462. The minimum Gasteiger partial charge on any atom is -0.374 e. The SMILES string of the molecule is CN1CCC(Nc2cccc(C(=O)N[C@H]3COCc4ccccc43)c2)(c2nc(-c3ccncn3)n[nH]2)CC1. The molecule has 3 N–H and O–H groups in total. The van der Waals surface area contributed by atoms with Crippen LogP contribution in [-0.2, 0) is 16.9 Å². The molecule has 2 aliphatic heterocycles. The first-order valence-electron chi connectivity index (χ1n) is 12.8. The number of piperidine rings is 1. The van der Waals surface area contributed by atoms with Crippen LogP contribution in [0.3, 0.4) is 0 Å². The number of hydrogen-bond acceptors (Lipinski definition) is 8. The summed E-state index contributed by atoms with van der Waals surface area (Å²) in [5.74, 6) is 1.15. The molecule has 2 aliphatic rings. The Morgan fingerprint density at radius 2 is 2.00 bits per heavy atom. The summed E-state index contributed by atoms with van der Waals surface area (Å²) in [4.78, 5) is 28.7. The van der Waals surface area contributed by atoms with Crippen LogP contribution in [0.5, 0.6) is 0 Å². The van der Waals surface area contributed by atoms with Crippen LogP contribution in [-0.4, -0.2) is 62.7 Å². The molecule has 10 nitrogen and oxygen atoms in total. The number of carbonyl (C=O) groups excluding carboxylic acids is 1. The summed E-state index contributed by atoms with van der Waals surface area (Å²) < 4.78 is 5.72. The second-order valence-electron chi connectivity index (χ2n) is 9.93. The van der Waals surface area contributed by atoms with Gasteiger partial charge in [0.1, 0.15) is 12.0 Å². The van der Waals surface area contributed by atoms with Gasteiger partial charge in [0, 0.05) is 30.5 Å². The van der Waals surface area contributed by atoms with Crippen molar-refractivity contribution in [2.24, 2.45) is 0 Å². The number of carbonyl (C=O) groups is 1. The molecular formula is C28H30N8O2. The highest BCUT2D eigenvalue weighted by Gasteiger charge is 2.39. The van der Waals surface area contributed by atoms with Crippen molar-refractivity contribution in [3.05, 3.63) is 89.6 Å². The van der Waals surface area contributed by atoms with E-state index in [2.05, 4.69) is 48.8 Å². The molecule has 0 radical (unpaired) electrons. The molecule has 194 valence electrons. The van der Waals surface area contributed by atoms with E-state index in [1.54, 1.807) is 12.3 Å². The summed E-state index contributed by atoms with van der Waals surface area (Å²) in [6, 6.07) is 17.3. The van der Waals surface area contributed by atoms with Gasteiger partial charge in [0.25, 0.3) is 5.91 Å². The van der Waals surface area contributed by atoms with E-state index in [9.17, 15) is 4.79 Å². The van der Waals surface area contributed by atoms with Crippen molar-refractivity contribution in [2.45, 2.75) is 31.0 Å². The zero-order valence-corrected chi connectivity index (χ0v) is 21.2. The number of benzene rings is 2. The van der Waals surface area contributed by atoms with Gasteiger partial charge < -0.3 is 20.3 Å². The van der Waals surface area contributed by atoms with E-state index in [4.69, 9.17) is 9.72 Å². The first kappa shape index (κ1) is 24.2. The van der Waals surface area contributed by atoms with Crippen molar-refractivity contribution in [3.8, 4) is 11.5 Å². The molecule has 0 aliphatic carbocycles. The molecule has 1 amide bonds. The van der Waals surface area contributed by atoms with Gasteiger partial charge in [-0.1, -0.05) is 30.3 Å². The lowest BCUT2D eigenvalue weighted by Crippen LogP contribution is -2.46. The fourth-order valence-electron chi connectivity index (χ4n) is 5.19. The summed E-state index contributed by atoms with van der Waals surface area (Å²) in [6.07, 6.45) is 4.82. The highest BCUT2D eigenvalue weighted by molar-refractivity contribution is 5.95. The summed E-state index contributed by atoms with van der Waals surface area (Å²) in [7, 11) is 2.12. The second-order valence-corrected chi connectivity index (χ2v) is 9.93. The third kappa shape index (κ3) is 4.88. The Kier molecular flexibility index (Phi) is 6.57. The lowest BCUT2D eigenvalue weighted by atomic mass is 9.86. The number of aromatic amines is 1. The van der Waals surface area contributed by atoms with Gasteiger partial charge in [-0.15, -0.1) is 0 Å². The molecule has 0 bridgehead atoms. The smallest absolute Gasteiger partial charge is 0.251 e. The summed E-state index contributed by atoms with van der Waals surface area (Å²) >= 11 is 0. The van der Waals surface area contributed by atoms with E-state index in [-0.39, 0.29) is 11.9 Å². The highest BCUT2D eigenvalue weighted by Crippen LogP contribution is 2.35. The first-order chi connectivity index (χ1) is 18.6. The van der Waals surface area contributed by atoms with Crippen LogP contribution in [0.1, 0.15) is 46.2 Å².